The van der Waals surface area contributed by atoms with Crippen LogP contribution in [0.25, 0.3) is 22.4 Å². The number of pyridine rings is 1. The molecule has 1 N–H and O–H groups in total. The summed E-state index contributed by atoms with van der Waals surface area (Å²) in [6.07, 6.45) is 6.52. The highest BCUT2D eigenvalue weighted by Crippen LogP contribution is 2.40. The summed E-state index contributed by atoms with van der Waals surface area (Å²) in [6.45, 7) is 1.38. The van der Waals surface area contributed by atoms with Crippen LogP contribution in [-0.2, 0) is 20.1 Å². The highest BCUT2D eigenvalue weighted by Gasteiger charge is 2.30. The molecule has 0 atom stereocenters. The van der Waals surface area contributed by atoms with Crippen LogP contribution in [-0.4, -0.2) is 20.5 Å². The normalized spacial score (nSPS) is 15.6. The lowest BCUT2D eigenvalue weighted by atomic mass is 9.91. The summed E-state index contributed by atoms with van der Waals surface area (Å²) < 4.78 is 15.2. The summed E-state index contributed by atoms with van der Waals surface area (Å²) in [5.74, 6) is 0.376. The van der Waals surface area contributed by atoms with Gasteiger partial charge in [0.2, 0.25) is 0 Å². The molecule has 0 saturated heterocycles. The van der Waals surface area contributed by atoms with Gasteiger partial charge in [-0.25, -0.2) is 4.39 Å². The van der Waals surface area contributed by atoms with Crippen LogP contribution < -0.4 is 5.32 Å². The van der Waals surface area contributed by atoms with Gasteiger partial charge < -0.3 is 5.32 Å². The van der Waals surface area contributed by atoms with Crippen molar-refractivity contribution in [3.05, 3.63) is 59.3 Å². The van der Waals surface area contributed by atoms with Crippen LogP contribution in [0.5, 0.6) is 0 Å². The van der Waals surface area contributed by atoms with E-state index in [2.05, 4.69) is 15.4 Å². The topological polar surface area (TPSA) is 59.8 Å². The van der Waals surface area contributed by atoms with Gasteiger partial charge in [0, 0.05) is 61.2 Å². The van der Waals surface area contributed by atoms with Gasteiger partial charge >= 0.3 is 0 Å². The molecule has 6 heteroatoms. The summed E-state index contributed by atoms with van der Waals surface area (Å²) in [7, 11) is 1.86. The fourth-order valence-corrected chi connectivity index (χ4v) is 3.95. The molecule has 142 valence electrons. The predicted molar refractivity (Wildman–Crippen MR) is 104 cm³/mol. The molecule has 5 rings (SSSR count). The molecule has 0 unspecified atom stereocenters. The van der Waals surface area contributed by atoms with Crippen molar-refractivity contribution >= 4 is 5.78 Å². The number of hydrogen-bond donors (Lipinski definition) is 1. The van der Waals surface area contributed by atoms with Crippen LogP contribution in [0.2, 0.25) is 0 Å². The maximum Gasteiger partial charge on any atom is 0.165 e. The van der Waals surface area contributed by atoms with E-state index < -0.39 is 0 Å². The van der Waals surface area contributed by atoms with Gasteiger partial charge in [0.15, 0.2) is 5.78 Å². The summed E-state index contributed by atoms with van der Waals surface area (Å²) >= 11 is 0. The molecule has 3 heterocycles. The third-order valence-electron chi connectivity index (χ3n) is 5.55. The van der Waals surface area contributed by atoms with E-state index in [9.17, 15) is 9.18 Å². The van der Waals surface area contributed by atoms with Gasteiger partial charge in [-0.15, -0.1) is 0 Å². The molecule has 1 aromatic carbocycles. The first-order valence-corrected chi connectivity index (χ1v) is 9.65. The van der Waals surface area contributed by atoms with Gasteiger partial charge in [0.25, 0.3) is 0 Å². The molecular weight excluding hydrogens is 355 g/mol. The van der Waals surface area contributed by atoms with Gasteiger partial charge in [-0.2, -0.15) is 5.10 Å². The van der Waals surface area contributed by atoms with Crippen LogP contribution in [0.4, 0.5) is 4.39 Å². The maximum atomic E-state index is 13.4. The van der Waals surface area contributed by atoms with Gasteiger partial charge in [-0.1, -0.05) is 0 Å². The molecule has 2 aliphatic rings. The molecule has 1 fully saturated rings. The highest BCUT2D eigenvalue weighted by atomic mass is 19.1. The minimum Gasteiger partial charge on any atom is -0.307 e. The van der Waals surface area contributed by atoms with E-state index in [0.29, 0.717) is 31.0 Å². The molecule has 0 spiro atoms. The smallest absolute Gasteiger partial charge is 0.165 e. The SMILES string of the molecule is Cn1cc(-c2c(C(=O)CC3CC3)cnc3c2CNC3)c(-c2ccc(F)cc2)n1. The molecule has 2 aromatic heterocycles. The summed E-state index contributed by atoms with van der Waals surface area (Å²) in [6, 6.07) is 6.33. The quantitative estimate of drug-likeness (QED) is 0.687. The van der Waals surface area contributed by atoms with Crippen molar-refractivity contribution in [1.82, 2.24) is 20.1 Å². The molecule has 1 aliphatic carbocycles. The van der Waals surface area contributed by atoms with Crippen molar-refractivity contribution in [1.29, 1.82) is 0 Å². The van der Waals surface area contributed by atoms with Crippen molar-refractivity contribution in [3.63, 3.8) is 0 Å². The predicted octanol–water partition coefficient (Wildman–Crippen LogP) is 3.87. The average Bonchev–Trinajstić information content (AvgIpc) is 3.22. The lowest BCUT2D eigenvalue weighted by molar-refractivity contribution is 0.0976. The number of benzene rings is 1. The zero-order valence-electron chi connectivity index (χ0n) is 15.7. The van der Waals surface area contributed by atoms with E-state index in [-0.39, 0.29) is 11.6 Å². The Bertz CT molecular complexity index is 1070. The second-order valence-corrected chi connectivity index (χ2v) is 7.72. The number of nitrogens with zero attached hydrogens (tertiary/aromatic N) is 3. The Morgan fingerprint density at radius 3 is 2.79 bits per heavy atom. The number of carbonyl (C=O) groups is 1. The lowest BCUT2D eigenvalue weighted by Crippen LogP contribution is -2.07. The second-order valence-electron chi connectivity index (χ2n) is 7.72. The van der Waals surface area contributed by atoms with Crippen LogP contribution in [0.15, 0.2) is 36.7 Å². The second kappa shape index (κ2) is 6.63. The fourth-order valence-electron chi connectivity index (χ4n) is 3.95. The fraction of sp³-hybridized carbons (Fsp3) is 0.318. The van der Waals surface area contributed by atoms with E-state index in [4.69, 9.17) is 0 Å². The maximum absolute atomic E-state index is 13.4. The lowest BCUT2D eigenvalue weighted by Gasteiger charge is -2.13. The van der Waals surface area contributed by atoms with Crippen molar-refractivity contribution < 1.29 is 9.18 Å². The minimum absolute atomic E-state index is 0.147. The summed E-state index contributed by atoms with van der Waals surface area (Å²) in [5.41, 5.74) is 6.12. The van der Waals surface area contributed by atoms with Gasteiger partial charge in [0.05, 0.1) is 5.69 Å². The van der Waals surface area contributed by atoms with Crippen molar-refractivity contribution in [3.8, 4) is 22.4 Å². The van der Waals surface area contributed by atoms with E-state index >= 15 is 0 Å². The van der Waals surface area contributed by atoms with Crippen LogP contribution in [0.1, 0.15) is 40.9 Å². The number of carbonyl (C=O) groups excluding carboxylic acids is 1. The summed E-state index contributed by atoms with van der Waals surface area (Å²) in [5, 5.41) is 7.97. The van der Waals surface area contributed by atoms with Gasteiger partial charge in [-0.05, 0) is 48.6 Å². The van der Waals surface area contributed by atoms with Gasteiger partial charge in [0.1, 0.15) is 11.5 Å². The Morgan fingerprint density at radius 1 is 1.25 bits per heavy atom. The number of aryl methyl sites for hydroxylation is 1. The number of aromatic nitrogens is 3. The van der Waals surface area contributed by atoms with Crippen LogP contribution in [0.3, 0.4) is 0 Å². The number of hydrogen-bond acceptors (Lipinski definition) is 4. The number of Topliss-reactive ketones (excluding diaryl/α,β-unsaturated/α-hetero) is 1. The molecular formula is C22H21FN4O. The largest absolute Gasteiger partial charge is 0.307 e. The Labute approximate surface area is 162 Å². The highest BCUT2D eigenvalue weighted by molar-refractivity contribution is 6.04. The number of nitrogens with one attached hydrogen (secondary N) is 1. The number of ketones is 1. The Morgan fingerprint density at radius 2 is 2.04 bits per heavy atom. The average molecular weight is 376 g/mol. The first kappa shape index (κ1) is 17.3. The molecule has 1 aliphatic heterocycles. The molecule has 1 saturated carbocycles. The van der Waals surface area contributed by atoms with E-state index in [0.717, 1.165) is 46.5 Å². The van der Waals surface area contributed by atoms with E-state index in [1.54, 1.807) is 23.0 Å². The summed E-state index contributed by atoms with van der Waals surface area (Å²) in [4.78, 5) is 17.6. The number of rotatable bonds is 5. The standard InChI is InChI=1S/C22H21FN4O/c1-27-12-18(22(26-27)14-4-6-15(23)7-5-14)21-16-9-24-11-19(16)25-10-17(21)20(28)8-13-2-3-13/h4-7,10,12-13,24H,2-3,8-9,11H2,1H3. The first-order chi connectivity index (χ1) is 13.6. The van der Waals surface area contributed by atoms with E-state index in [1.807, 2.05) is 13.2 Å². The zero-order valence-corrected chi connectivity index (χ0v) is 15.7. The molecule has 3 aromatic rings. The Balaban J connectivity index is 1.70. The molecule has 0 radical (unpaired) electrons. The Hall–Kier alpha value is -2.86. The molecule has 0 bridgehead atoms. The minimum atomic E-state index is -0.282. The number of fused-ring (bicyclic) bond motifs is 1. The first-order valence-electron chi connectivity index (χ1n) is 9.65. The number of halogens is 1. The van der Waals surface area contributed by atoms with E-state index in [1.165, 1.54) is 12.1 Å². The Kier molecular flexibility index (Phi) is 4.09. The van der Waals surface area contributed by atoms with Crippen molar-refractivity contribution in [2.24, 2.45) is 13.0 Å². The molecule has 28 heavy (non-hydrogen) atoms. The third kappa shape index (κ3) is 3.03. The molecule has 5 nitrogen and oxygen atoms in total. The zero-order chi connectivity index (χ0) is 19.3. The van der Waals surface area contributed by atoms with Crippen molar-refractivity contribution in [2.45, 2.75) is 32.4 Å². The van der Waals surface area contributed by atoms with Crippen LogP contribution in [0, 0.1) is 11.7 Å². The van der Waals surface area contributed by atoms with Crippen molar-refractivity contribution in [2.75, 3.05) is 0 Å². The third-order valence-corrected chi connectivity index (χ3v) is 5.55. The molecule has 0 amide bonds. The monoisotopic (exact) mass is 376 g/mol. The van der Waals surface area contributed by atoms with Crippen LogP contribution >= 0.6 is 0 Å². The van der Waals surface area contributed by atoms with Gasteiger partial charge in [-0.3, -0.25) is 14.5 Å².